The number of rotatable bonds is 7. The summed E-state index contributed by atoms with van der Waals surface area (Å²) in [6.45, 7) is 0.428. The second kappa shape index (κ2) is 5.74. The third-order valence-electron chi connectivity index (χ3n) is 2.90. The molecule has 15 heavy (non-hydrogen) atoms. The summed E-state index contributed by atoms with van der Waals surface area (Å²) in [4.78, 5) is 0. The van der Waals surface area contributed by atoms with Gasteiger partial charge in [0.25, 0.3) is 5.97 Å². The zero-order valence-electron chi connectivity index (χ0n) is 8.80. The Hall–Kier alpha value is -0.240. The van der Waals surface area contributed by atoms with Gasteiger partial charge in [-0.2, -0.15) is 0 Å². The van der Waals surface area contributed by atoms with Crippen LogP contribution in [0.2, 0.25) is 0 Å². The highest BCUT2D eigenvalue weighted by molar-refractivity contribution is 4.83. The molecule has 0 rings (SSSR count). The molecule has 6 heteroatoms. The van der Waals surface area contributed by atoms with Crippen molar-refractivity contribution < 1.29 is 30.6 Å². The molecule has 0 fully saturated rings. The van der Waals surface area contributed by atoms with Gasteiger partial charge in [0.15, 0.2) is 0 Å². The molecule has 0 amide bonds. The minimum Gasteiger partial charge on any atom is -0.396 e. The van der Waals surface area contributed by atoms with Crippen LogP contribution in [0.15, 0.2) is 0 Å². The van der Waals surface area contributed by atoms with Crippen LogP contribution in [0.3, 0.4) is 0 Å². The smallest absolute Gasteiger partial charge is 0.275 e. The first-order valence-electron chi connectivity index (χ1n) is 4.81. The Kier molecular flexibility index (Phi) is 5.65. The van der Waals surface area contributed by atoms with E-state index in [1.807, 2.05) is 0 Å². The van der Waals surface area contributed by atoms with Crippen molar-refractivity contribution in [1.82, 2.24) is 0 Å². The molecule has 0 radical (unpaired) electrons. The van der Waals surface area contributed by atoms with Crippen molar-refractivity contribution >= 4 is 0 Å². The van der Waals surface area contributed by atoms with Gasteiger partial charge in [-0.25, -0.2) is 0 Å². The van der Waals surface area contributed by atoms with Crippen molar-refractivity contribution in [3.05, 3.63) is 0 Å². The first-order chi connectivity index (χ1) is 6.81. The highest BCUT2D eigenvalue weighted by atomic mass is 16.7. The van der Waals surface area contributed by atoms with Crippen LogP contribution in [0, 0.1) is 11.3 Å². The van der Waals surface area contributed by atoms with E-state index in [2.05, 4.69) is 0 Å². The van der Waals surface area contributed by atoms with Gasteiger partial charge < -0.3 is 30.6 Å². The molecule has 0 spiro atoms. The van der Waals surface area contributed by atoms with Gasteiger partial charge in [0.1, 0.15) is 0 Å². The summed E-state index contributed by atoms with van der Waals surface area (Å²) in [6, 6.07) is 0. The molecule has 1 atom stereocenters. The molecule has 0 aromatic heterocycles. The Morgan fingerprint density at radius 3 is 1.60 bits per heavy atom. The van der Waals surface area contributed by atoms with E-state index in [1.165, 1.54) is 0 Å². The molecule has 0 aromatic rings. The van der Waals surface area contributed by atoms with Crippen LogP contribution in [0.1, 0.15) is 19.8 Å². The molecular weight excluding hydrogens is 204 g/mol. The van der Waals surface area contributed by atoms with E-state index >= 15 is 0 Å². The Morgan fingerprint density at radius 1 is 0.933 bits per heavy atom. The van der Waals surface area contributed by atoms with Crippen molar-refractivity contribution in [2.45, 2.75) is 25.7 Å². The molecule has 0 heterocycles. The minimum absolute atomic E-state index is 0.158. The predicted molar refractivity (Wildman–Crippen MR) is 51.5 cm³/mol. The van der Waals surface area contributed by atoms with Crippen LogP contribution in [0.5, 0.6) is 0 Å². The Labute approximate surface area is 88.4 Å². The standard InChI is InChI=1S/C9H20O6/c1-7(2-3-9(13,14)15)8(4-10,5-11)6-12/h7,10-15H,2-6H2,1H3. The molecule has 6 N–H and O–H groups in total. The first-order valence-corrected chi connectivity index (χ1v) is 4.81. The SMILES string of the molecule is CC(CCC(O)(O)O)C(CO)(CO)CO. The van der Waals surface area contributed by atoms with E-state index in [9.17, 15) is 0 Å². The fourth-order valence-electron chi connectivity index (χ4n) is 1.33. The average molecular weight is 224 g/mol. The Bertz CT molecular complexity index is 164. The lowest BCUT2D eigenvalue weighted by atomic mass is 9.76. The molecular formula is C9H20O6. The van der Waals surface area contributed by atoms with Crippen LogP contribution in [-0.4, -0.2) is 56.4 Å². The van der Waals surface area contributed by atoms with Gasteiger partial charge in [0.05, 0.1) is 19.8 Å². The van der Waals surface area contributed by atoms with E-state index in [1.54, 1.807) is 6.92 Å². The average Bonchev–Trinajstić information content (AvgIpc) is 2.17. The molecule has 92 valence electrons. The predicted octanol–water partition coefficient (Wildman–Crippen LogP) is -2.00. The van der Waals surface area contributed by atoms with Gasteiger partial charge in [-0.3, -0.25) is 0 Å². The lowest BCUT2D eigenvalue weighted by Gasteiger charge is -2.34. The lowest BCUT2D eigenvalue weighted by molar-refractivity contribution is -0.316. The minimum atomic E-state index is -2.75. The van der Waals surface area contributed by atoms with Crippen LogP contribution < -0.4 is 0 Å². The quantitative estimate of drug-likeness (QED) is 0.278. The highest BCUT2D eigenvalue weighted by Gasteiger charge is 2.35. The van der Waals surface area contributed by atoms with Crippen molar-refractivity contribution in [2.75, 3.05) is 19.8 Å². The molecule has 0 aliphatic heterocycles. The van der Waals surface area contributed by atoms with Crippen molar-refractivity contribution in [3.63, 3.8) is 0 Å². The van der Waals surface area contributed by atoms with Crippen molar-refractivity contribution in [2.24, 2.45) is 11.3 Å². The maximum Gasteiger partial charge on any atom is 0.275 e. The lowest BCUT2D eigenvalue weighted by Crippen LogP contribution is -2.41. The molecule has 0 saturated carbocycles. The summed E-state index contributed by atoms with van der Waals surface area (Å²) in [5.41, 5.74) is -1.06. The van der Waals surface area contributed by atoms with Crippen molar-refractivity contribution in [3.8, 4) is 0 Å². The van der Waals surface area contributed by atoms with Gasteiger partial charge in [-0.05, 0) is 12.3 Å². The van der Waals surface area contributed by atoms with Gasteiger partial charge >= 0.3 is 0 Å². The Balaban J connectivity index is 4.33. The summed E-state index contributed by atoms with van der Waals surface area (Å²) in [7, 11) is 0. The summed E-state index contributed by atoms with van der Waals surface area (Å²) < 4.78 is 0. The number of aliphatic hydroxyl groups excluding tert-OH is 3. The molecule has 6 nitrogen and oxygen atoms in total. The Morgan fingerprint density at radius 2 is 1.33 bits per heavy atom. The number of hydrogen-bond acceptors (Lipinski definition) is 6. The first kappa shape index (κ1) is 14.8. The summed E-state index contributed by atoms with van der Waals surface area (Å²) in [5, 5.41) is 53.2. The zero-order valence-corrected chi connectivity index (χ0v) is 8.80. The summed E-state index contributed by atoms with van der Waals surface area (Å²) in [5.74, 6) is -3.11. The van der Waals surface area contributed by atoms with Gasteiger partial charge in [0.2, 0.25) is 0 Å². The van der Waals surface area contributed by atoms with E-state index in [4.69, 9.17) is 30.6 Å². The molecule has 0 aromatic carbocycles. The monoisotopic (exact) mass is 224 g/mol. The summed E-state index contributed by atoms with van der Waals surface area (Å²) in [6.07, 6.45) is -0.152. The van der Waals surface area contributed by atoms with Crippen molar-refractivity contribution in [1.29, 1.82) is 0 Å². The third-order valence-corrected chi connectivity index (χ3v) is 2.90. The number of hydrogen-bond donors (Lipinski definition) is 6. The molecule has 0 aliphatic rings. The fraction of sp³-hybridized carbons (Fsp3) is 1.00. The van der Waals surface area contributed by atoms with E-state index in [-0.39, 0.29) is 18.8 Å². The molecule has 0 bridgehead atoms. The maximum atomic E-state index is 9.07. The second-order valence-electron chi connectivity index (χ2n) is 4.05. The van der Waals surface area contributed by atoms with Crippen LogP contribution in [0.4, 0.5) is 0 Å². The van der Waals surface area contributed by atoms with E-state index in [0.717, 1.165) is 0 Å². The molecule has 0 aliphatic carbocycles. The third kappa shape index (κ3) is 4.42. The van der Waals surface area contributed by atoms with Crippen LogP contribution >= 0.6 is 0 Å². The van der Waals surface area contributed by atoms with E-state index < -0.39 is 31.2 Å². The maximum absolute atomic E-state index is 9.07. The fourth-order valence-corrected chi connectivity index (χ4v) is 1.33. The zero-order chi connectivity index (χ0) is 12.1. The van der Waals surface area contributed by atoms with Gasteiger partial charge in [-0.15, -0.1) is 0 Å². The summed E-state index contributed by atoms with van der Waals surface area (Å²) >= 11 is 0. The topological polar surface area (TPSA) is 121 Å². The second-order valence-corrected chi connectivity index (χ2v) is 4.05. The van der Waals surface area contributed by atoms with Gasteiger partial charge in [-0.1, -0.05) is 6.92 Å². The highest BCUT2D eigenvalue weighted by Crippen LogP contribution is 2.30. The normalized spacial score (nSPS) is 15.4. The molecule has 0 saturated heterocycles. The van der Waals surface area contributed by atoms with Gasteiger partial charge in [0, 0.05) is 11.8 Å². The largest absolute Gasteiger partial charge is 0.396 e. The number of aliphatic hydroxyl groups is 6. The van der Waals surface area contributed by atoms with Crippen LogP contribution in [0.25, 0.3) is 0 Å². The van der Waals surface area contributed by atoms with Crippen LogP contribution in [-0.2, 0) is 0 Å². The van der Waals surface area contributed by atoms with E-state index in [0.29, 0.717) is 0 Å². The molecule has 1 unspecified atom stereocenters.